The molecule has 1 aromatic heterocycles. The molecule has 0 radical (unpaired) electrons. The van der Waals surface area contributed by atoms with Crippen molar-refractivity contribution in [2.45, 2.75) is 46.2 Å². The second-order valence-corrected chi connectivity index (χ2v) is 9.48. The number of pyridine rings is 1. The van der Waals surface area contributed by atoms with Gasteiger partial charge in [-0.1, -0.05) is 6.92 Å². The van der Waals surface area contributed by atoms with Gasteiger partial charge in [0, 0.05) is 49.2 Å². The summed E-state index contributed by atoms with van der Waals surface area (Å²) in [5, 5.41) is 0. The molecule has 0 atom stereocenters. The van der Waals surface area contributed by atoms with Gasteiger partial charge in [0.2, 0.25) is 15.9 Å². The molecule has 0 unspecified atom stereocenters. The van der Waals surface area contributed by atoms with Gasteiger partial charge in [0.1, 0.15) is 17.5 Å². The van der Waals surface area contributed by atoms with Crippen molar-refractivity contribution in [1.29, 1.82) is 0 Å². The monoisotopic (exact) mass is 455 g/mol. The molecule has 0 saturated carbocycles. The number of nitrogens with one attached hydrogen (secondary N) is 1. The number of aryl methyl sites for hydroxylation is 1. The fourth-order valence-electron chi connectivity index (χ4n) is 3.70. The molecule has 2 aromatic rings. The van der Waals surface area contributed by atoms with E-state index in [0.717, 1.165) is 16.7 Å². The van der Waals surface area contributed by atoms with Crippen LogP contribution in [0.4, 0.5) is 13.2 Å². The molecule has 2 heterocycles. The van der Waals surface area contributed by atoms with Crippen LogP contribution in [-0.2, 0) is 40.7 Å². The zero-order valence-electron chi connectivity index (χ0n) is 17.3. The van der Waals surface area contributed by atoms with Crippen molar-refractivity contribution in [3.63, 3.8) is 0 Å². The summed E-state index contributed by atoms with van der Waals surface area (Å²) < 4.78 is 67.5. The molecule has 1 N–H and O–H groups in total. The molecule has 1 aromatic carbocycles. The van der Waals surface area contributed by atoms with Crippen LogP contribution in [0.1, 0.15) is 41.3 Å². The van der Waals surface area contributed by atoms with Gasteiger partial charge in [-0.3, -0.25) is 9.78 Å². The topological polar surface area (TPSA) is 79.4 Å². The maximum Gasteiger partial charge on any atom is 0.227 e. The number of hydrogen-bond acceptors (Lipinski definition) is 4. The molecule has 0 bridgehead atoms. The highest BCUT2D eigenvalue weighted by atomic mass is 32.2. The average molecular weight is 456 g/mol. The summed E-state index contributed by atoms with van der Waals surface area (Å²) in [6.07, 6.45) is 2.08. The first-order chi connectivity index (χ1) is 14.6. The number of sulfonamides is 1. The highest BCUT2D eigenvalue weighted by Crippen LogP contribution is 2.25. The molecule has 0 saturated heterocycles. The number of rotatable bonds is 7. The lowest BCUT2D eigenvalue weighted by molar-refractivity contribution is -0.131. The molecule has 3 rings (SSSR count). The zero-order chi connectivity index (χ0) is 22.8. The maximum atomic E-state index is 13.9. The lowest BCUT2D eigenvalue weighted by atomic mass is 9.94. The molecule has 6 nitrogen and oxygen atoms in total. The van der Waals surface area contributed by atoms with Gasteiger partial charge in [-0.2, -0.15) is 0 Å². The van der Waals surface area contributed by atoms with E-state index < -0.39 is 45.4 Å². The number of carbonyl (C=O) groups excluding carboxylic acids is 1. The Kier molecular flexibility index (Phi) is 7.00. The summed E-state index contributed by atoms with van der Waals surface area (Å²) in [6.45, 7) is 4.20. The fraction of sp³-hybridized carbons (Fsp3) is 0.429. The second kappa shape index (κ2) is 9.35. The average Bonchev–Trinajstić information content (AvgIpc) is 2.69. The van der Waals surface area contributed by atoms with E-state index in [9.17, 15) is 26.4 Å². The SMILES string of the molecule is CCCS(=O)(=O)NCc1c(C)ncc2c1CCN(C(=O)Cc1c(F)cc(F)cc1F)C2. The van der Waals surface area contributed by atoms with Gasteiger partial charge < -0.3 is 4.90 Å². The number of benzene rings is 1. The minimum absolute atomic E-state index is 0.0350. The second-order valence-electron chi connectivity index (χ2n) is 7.56. The Morgan fingerprint density at radius 1 is 1.19 bits per heavy atom. The lowest BCUT2D eigenvalue weighted by Gasteiger charge is -2.30. The van der Waals surface area contributed by atoms with Crippen LogP contribution in [0.2, 0.25) is 0 Å². The quantitative estimate of drug-likeness (QED) is 0.697. The maximum absolute atomic E-state index is 13.9. The van der Waals surface area contributed by atoms with Crippen molar-refractivity contribution in [3.8, 4) is 0 Å². The van der Waals surface area contributed by atoms with Crippen molar-refractivity contribution >= 4 is 15.9 Å². The van der Waals surface area contributed by atoms with E-state index in [0.29, 0.717) is 37.2 Å². The van der Waals surface area contributed by atoms with E-state index >= 15 is 0 Å². The first-order valence-corrected chi connectivity index (χ1v) is 11.6. The van der Waals surface area contributed by atoms with Crippen molar-refractivity contribution in [3.05, 3.63) is 63.7 Å². The number of carbonyl (C=O) groups is 1. The Bertz CT molecular complexity index is 1080. The van der Waals surface area contributed by atoms with Crippen LogP contribution >= 0.6 is 0 Å². The molecule has 1 aliphatic heterocycles. The third-order valence-electron chi connectivity index (χ3n) is 5.32. The van der Waals surface area contributed by atoms with Crippen molar-refractivity contribution in [2.75, 3.05) is 12.3 Å². The van der Waals surface area contributed by atoms with Crippen molar-refractivity contribution < 1.29 is 26.4 Å². The molecule has 1 aliphatic rings. The summed E-state index contributed by atoms with van der Waals surface area (Å²) in [5.74, 6) is -3.68. The number of halogens is 3. The standard InChI is InChI=1S/C21H24F3N3O3S/c1-3-6-31(29,30)26-11-18-13(2)25-10-14-12-27(5-4-16(14)18)21(28)9-17-19(23)7-15(22)8-20(17)24/h7-8,10,26H,3-6,9,11-12H2,1-2H3. The fourth-order valence-corrected chi connectivity index (χ4v) is 4.74. The highest BCUT2D eigenvalue weighted by Gasteiger charge is 2.26. The smallest absolute Gasteiger partial charge is 0.227 e. The van der Waals surface area contributed by atoms with E-state index in [2.05, 4.69) is 9.71 Å². The summed E-state index contributed by atoms with van der Waals surface area (Å²) in [7, 11) is -3.38. The molecule has 1 amide bonds. The summed E-state index contributed by atoms with van der Waals surface area (Å²) in [4.78, 5) is 18.4. The van der Waals surface area contributed by atoms with Gasteiger partial charge in [-0.15, -0.1) is 0 Å². The summed E-state index contributed by atoms with van der Waals surface area (Å²) in [5.41, 5.74) is 2.70. The minimum Gasteiger partial charge on any atom is -0.338 e. The Balaban J connectivity index is 1.76. The molecule has 0 aliphatic carbocycles. The van der Waals surface area contributed by atoms with Crippen LogP contribution in [0.25, 0.3) is 0 Å². The normalized spacial score (nSPS) is 13.9. The molecule has 0 fully saturated rings. The lowest BCUT2D eigenvalue weighted by Crippen LogP contribution is -2.38. The molecule has 0 spiro atoms. The number of hydrogen-bond donors (Lipinski definition) is 1. The zero-order valence-corrected chi connectivity index (χ0v) is 18.2. The number of aromatic nitrogens is 1. The third-order valence-corrected chi connectivity index (χ3v) is 6.85. The van der Waals surface area contributed by atoms with Crippen LogP contribution in [-0.4, -0.2) is 36.5 Å². The number of nitrogens with zero attached hydrogens (tertiary/aromatic N) is 2. The van der Waals surface area contributed by atoms with Crippen molar-refractivity contribution in [2.24, 2.45) is 0 Å². The van der Waals surface area contributed by atoms with Gasteiger partial charge in [0.15, 0.2) is 0 Å². The van der Waals surface area contributed by atoms with E-state index in [1.807, 2.05) is 0 Å². The van der Waals surface area contributed by atoms with Gasteiger partial charge in [-0.05, 0) is 36.5 Å². The molecular weight excluding hydrogens is 431 g/mol. The molecule has 10 heteroatoms. The van der Waals surface area contributed by atoms with Crippen LogP contribution in [0.5, 0.6) is 0 Å². The first kappa shape index (κ1) is 23.2. The summed E-state index contributed by atoms with van der Waals surface area (Å²) in [6, 6.07) is 1.10. The van der Waals surface area contributed by atoms with E-state index in [-0.39, 0.29) is 18.8 Å². The first-order valence-electron chi connectivity index (χ1n) is 9.96. The van der Waals surface area contributed by atoms with Gasteiger partial charge in [-0.25, -0.2) is 26.3 Å². The Labute approximate surface area is 179 Å². The highest BCUT2D eigenvalue weighted by molar-refractivity contribution is 7.89. The predicted molar refractivity (Wildman–Crippen MR) is 109 cm³/mol. The van der Waals surface area contributed by atoms with E-state index in [1.165, 1.54) is 4.90 Å². The summed E-state index contributed by atoms with van der Waals surface area (Å²) >= 11 is 0. The van der Waals surface area contributed by atoms with Gasteiger partial charge in [0.05, 0.1) is 12.2 Å². The van der Waals surface area contributed by atoms with Gasteiger partial charge in [0.25, 0.3) is 0 Å². The van der Waals surface area contributed by atoms with E-state index in [1.54, 1.807) is 20.0 Å². The largest absolute Gasteiger partial charge is 0.338 e. The van der Waals surface area contributed by atoms with Crippen LogP contribution in [0.3, 0.4) is 0 Å². The molecule has 31 heavy (non-hydrogen) atoms. The Morgan fingerprint density at radius 2 is 1.87 bits per heavy atom. The molecule has 168 valence electrons. The molecular formula is C21H24F3N3O3S. The van der Waals surface area contributed by atoms with Gasteiger partial charge >= 0.3 is 0 Å². The third kappa shape index (κ3) is 5.43. The minimum atomic E-state index is -3.38. The van der Waals surface area contributed by atoms with E-state index in [4.69, 9.17) is 0 Å². The number of amides is 1. The van der Waals surface area contributed by atoms with Crippen LogP contribution in [0, 0.1) is 24.4 Å². The predicted octanol–water partition coefficient (Wildman–Crippen LogP) is 2.76. The number of fused-ring (bicyclic) bond motifs is 1. The van der Waals surface area contributed by atoms with Crippen LogP contribution in [0.15, 0.2) is 18.3 Å². The Morgan fingerprint density at radius 3 is 2.52 bits per heavy atom. The van der Waals surface area contributed by atoms with Crippen LogP contribution < -0.4 is 4.72 Å². The Hall–Kier alpha value is -2.46. The van der Waals surface area contributed by atoms with Crippen molar-refractivity contribution in [1.82, 2.24) is 14.6 Å².